The molecule has 6 nitrogen and oxygen atoms in total. The number of thiophene rings is 1. The number of aliphatic imine (C=N–C) groups is 1. The molecule has 0 radical (unpaired) electrons. The predicted molar refractivity (Wildman–Crippen MR) is 139 cm³/mol. The van der Waals surface area contributed by atoms with Gasteiger partial charge in [0, 0.05) is 48.6 Å². The van der Waals surface area contributed by atoms with E-state index < -0.39 is 0 Å². The Kier molecular flexibility index (Phi) is 11.6. The number of ether oxygens (including phenoxy) is 1. The smallest absolute Gasteiger partial charge is 0.191 e. The summed E-state index contributed by atoms with van der Waals surface area (Å²) in [5, 5.41) is 10.2. The van der Waals surface area contributed by atoms with E-state index in [0.717, 1.165) is 58.1 Å². The van der Waals surface area contributed by atoms with Crippen LogP contribution in [0.4, 0.5) is 0 Å². The second kappa shape index (κ2) is 13.6. The average molecular weight is 564 g/mol. The number of hydrogen-bond acceptors (Lipinski definition) is 6. The summed E-state index contributed by atoms with van der Waals surface area (Å²) >= 11 is 3.62. The highest BCUT2D eigenvalue weighted by Gasteiger charge is 2.26. The first-order chi connectivity index (χ1) is 14.2. The van der Waals surface area contributed by atoms with E-state index in [-0.39, 0.29) is 30.1 Å². The van der Waals surface area contributed by atoms with Crippen molar-refractivity contribution in [3.8, 4) is 0 Å². The van der Waals surface area contributed by atoms with Crippen LogP contribution >= 0.6 is 46.7 Å². The van der Waals surface area contributed by atoms with Gasteiger partial charge in [-0.05, 0) is 31.7 Å². The lowest BCUT2D eigenvalue weighted by molar-refractivity contribution is -0.0327. The van der Waals surface area contributed by atoms with Gasteiger partial charge >= 0.3 is 0 Å². The van der Waals surface area contributed by atoms with Crippen molar-refractivity contribution < 1.29 is 4.74 Å². The van der Waals surface area contributed by atoms with Gasteiger partial charge in [0.15, 0.2) is 5.96 Å². The van der Waals surface area contributed by atoms with E-state index in [1.807, 2.05) is 17.5 Å². The van der Waals surface area contributed by atoms with E-state index in [0.29, 0.717) is 6.04 Å². The fraction of sp³-hybridized carbons (Fsp3) is 0.619. The monoisotopic (exact) mass is 563 g/mol. The zero-order valence-corrected chi connectivity index (χ0v) is 22.1. The SMILES string of the molecule is CCNC(=NCC(c1cccs1)N1CCOC(C)C1)NCCc1ncc(CC)s1.I. The van der Waals surface area contributed by atoms with Crippen molar-refractivity contribution in [3.05, 3.63) is 38.5 Å². The van der Waals surface area contributed by atoms with Crippen LogP contribution in [0.15, 0.2) is 28.7 Å². The van der Waals surface area contributed by atoms with Gasteiger partial charge in [-0.2, -0.15) is 0 Å². The Bertz CT molecular complexity index is 752. The summed E-state index contributed by atoms with van der Waals surface area (Å²) in [6.45, 7) is 11.5. The maximum atomic E-state index is 5.74. The normalized spacial score (nSPS) is 18.6. The maximum Gasteiger partial charge on any atom is 0.191 e. The summed E-state index contributed by atoms with van der Waals surface area (Å²) in [4.78, 5) is 14.7. The minimum atomic E-state index is 0. The van der Waals surface area contributed by atoms with Crippen LogP contribution in [0.5, 0.6) is 0 Å². The van der Waals surface area contributed by atoms with Gasteiger partial charge in [-0.15, -0.1) is 46.7 Å². The van der Waals surface area contributed by atoms with Crippen molar-refractivity contribution in [3.63, 3.8) is 0 Å². The van der Waals surface area contributed by atoms with Crippen LogP contribution in [-0.2, 0) is 17.6 Å². The fourth-order valence-electron chi connectivity index (χ4n) is 3.43. The van der Waals surface area contributed by atoms with E-state index in [1.54, 1.807) is 11.3 Å². The molecule has 2 atom stereocenters. The molecule has 0 spiro atoms. The summed E-state index contributed by atoms with van der Waals surface area (Å²) in [7, 11) is 0. The van der Waals surface area contributed by atoms with E-state index in [9.17, 15) is 0 Å². The van der Waals surface area contributed by atoms with Gasteiger partial charge in [0.25, 0.3) is 0 Å². The number of nitrogens with one attached hydrogen (secondary N) is 2. The molecule has 1 saturated heterocycles. The average Bonchev–Trinajstić information content (AvgIpc) is 3.40. The third-order valence-electron chi connectivity index (χ3n) is 4.93. The first-order valence-corrected chi connectivity index (χ1v) is 12.2. The van der Waals surface area contributed by atoms with E-state index in [4.69, 9.17) is 9.73 Å². The number of hydrogen-bond donors (Lipinski definition) is 2. The third-order valence-corrected chi connectivity index (χ3v) is 7.11. The molecule has 3 rings (SSSR count). The number of aryl methyl sites for hydroxylation is 1. The minimum Gasteiger partial charge on any atom is -0.376 e. The molecule has 9 heteroatoms. The summed E-state index contributed by atoms with van der Waals surface area (Å²) in [6.07, 6.45) is 4.24. The van der Waals surface area contributed by atoms with Gasteiger partial charge in [0.2, 0.25) is 0 Å². The van der Waals surface area contributed by atoms with Crippen LogP contribution in [0.3, 0.4) is 0 Å². The van der Waals surface area contributed by atoms with Crippen LogP contribution in [0.25, 0.3) is 0 Å². The summed E-state index contributed by atoms with van der Waals surface area (Å²) in [5.41, 5.74) is 0. The Hall–Kier alpha value is -0.750. The highest BCUT2D eigenvalue weighted by Crippen LogP contribution is 2.27. The van der Waals surface area contributed by atoms with Crippen LogP contribution in [0.2, 0.25) is 0 Å². The molecule has 0 bridgehead atoms. The van der Waals surface area contributed by atoms with Crippen molar-refractivity contribution in [1.82, 2.24) is 20.5 Å². The van der Waals surface area contributed by atoms with Gasteiger partial charge < -0.3 is 15.4 Å². The second-order valence-corrected chi connectivity index (χ2v) is 9.36. The van der Waals surface area contributed by atoms with Crippen LogP contribution in [0.1, 0.15) is 41.6 Å². The van der Waals surface area contributed by atoms with Crippen molar-refractivity contribution >= 4 is 52.6 Å². The van der Waals surface area contributed by atoms with Gasteiger partial charge in [-0.25, -0.2) is 4.98 Å². The van der Waals surface area contributed by atoms with Crippen molar-refractivity contribution in [2.45, 2.75) is 45.8 Å². The third kappa shape index (κ3) is 7.74. The minimum absolute atomic E-state index is 0. The molecular weight excluding hydrogens is 529 g/mol. The standard InChI is InChI=1S/C21H33N5OS2.HI/c1-4-17-13-24-20(29-17)8-9-23-21(22-5-2)25-14-18(19-7-6-12-28-19)26-10-11-27-16(3)15-26;/h6-7,12-13,16,18H,4-5,8-11,14-15H2,1-3H3,(H2,22,23,25);1H. The molecule has 2 aromatic heterocycles. The van der Waals surface area contributed by atoms with Gasteiger partial charge in [0.1, 0.15) is 0 Å². The first-order valence-electron chi connectivity index (χ1n) is 10.5. The molecule has 30 heavy (non-hydrogen) atoms. The largest absolute Gasteiger partial charge is 0.376 e. The van der Waals surface area contributed by atoms with Crippen LogP contribution < -0.4 is 10.6 Å². The lowest BCUT2D eigenvalue weighted by atomic mass is 10.1. The molecule has 2 N–H and O–H groups in total. The van der Waals surface area contributed by atoms with Gasteiger partial charge in [-0.1, -0.05) is 13.0 Å². The highest BCUT2D eigenvalue weighted by molar-refractivity contribution is 14.0. The molecular formula is C21H34IN5OS2. The van der Waals surface area contributed by atoms with Gasteiger partial charge in [0.05, 0.1) is 30.3 Å². The quantitative estimate of drug-likeness (QED) is 0.275. The molecule has 168 valence electrons. The molecule has 1 aliphatic heterocycles. The number of nitrogens with zero attached hydrogens (tertiary/aromatic N) is 3. The van der Waals surface area contributed by atoms with Crippen molar-refractivity contribution in [2.24, 2.45) is 4.99 Å². The molecule has 1 fully saturated rings. The molecule has 0 amide bonds. The molecule has 0 aliphatic carbocycles. The van der Waals surface area contributed by atoms with Crippen molar-refractivity contribution in [2.75, 3.05) is 39.3 Å². The van der Waals surface area contributed by atoms with Crippen molar-refractivity contribution in [1.29, 1.82) is 0 Å². The Morgan fingerprint density at radius 3 is 2.93 bits per heavy atom. The highest BCUT2D eigenvalue weighted by atomic mass is 127. The second-order valence-electron chi connectivity index (χ2n) is 7.18. The Labute approximate surface area is 205 Å². The molecule has 0 aromatic carbocycles. The van der Waals surface area contributed by atoms with E-state index in [1.165, 1.54) is 14.8 Å². The topological polar surface area (TPSA) is 61.8 Å². The Balaban J connectivity index is 0.00000320. The number of halogens is 1. The summed E-state index contributed by atoms with van der Waals surface area (Å²) in [5.74, 6) is 0.877. The molecule has 2 unspecified atom stereocenters. The molecule has 2 aromatic rings. The summed E-state index contributed by atoms with van der Waals surface area (Å²) < 4.78 is 5.74. The first kappa shape index (κ1) is 25.5. The summed E-state index contributed by atoms with van der Waals surface area (Å²) in [6, 6.07) is 4.64. The number of guanidine groups is 1. The molecule has 3 heterocycles. The molecule has 0 saturated carbocycles. The Morgan fingerprint density at radius 2 is 2.27 bits per heavy atom. The number of morpholine rings is 1. The molecule has 1 aliphatic rings. The number of rotatable bonds is 9. The lowest BCUT2D eigenvalue weighted by Gasteiger charge is -2.36. The van der Waals surface area contributed by atoms with Crippen LogP contribution in [-0.4, -0.2) is 61.3 Å². The fourth-order valence-corrected chi connectivity index (χ4v) is 5.14. The Morgan fingerprint density at radius 1 is 1.40 bits per heavy atom. The van der Waals surface area contributed by atoms with Crippen LogP contribution in [0, 0.1) is 0 Å². The number of thiazole rings is 1. The van der Waals surface area contributed by atoms with E-state index >= 15 is 0 Å². The maximum absolute atomic E-state index is 5.74. The zero-order chi connectivity index (χ0) is 20.5. The lowest BCUT2D eigenvalue weighted by Crippen LogP contribution is -2.44. The van der Waals surface area contributed by atoms with E-state index in [2.05, 4.69) is 58.8 Å². The zero-order valence-electron chi connectivity index (χ0n) is 18.1. The number of aromatic nitrogens is 1. The van der Waals surface area contributed by atoms with Gasteiger partial charge in [-0.3, -0.25) is 9.89 Å². The predicted octanol–water partition coefficient (Wildman–Crippen LogP) is 3.94.